The highest BCUT2D eigenvalue weighted by molar-refractivity contribution is 7.99. The molecule has 37 heavy (non-hydrogen) atoms. The molecule has 3 aromatic rings. The molecule has 4 nitrogen and oxygen atoms in total. The van der Waals surface area contributed by atoms with Gasteiger partial charge >= 0.3 is 0 Å². The molecule has 0 aromatic heterocycles. The molecule has 1 N–H and O–H groups in total. The van der Waals surface area contributed by atoms with Crippen molar-refractivity contribution >= 4 is 46.8 Å². The first-order valence-corrected chi connectivity index (χ1v) is 14.0. The zero-order valence-electron chi connectivity index (χ0n) is 20.9. The minimum atomic E-state index is -0.782. The molecule has 1 unspecified atom stereocenters. The highest BCUT2D eigenvalue weighted by Crippen LogP contribution is 2.28. The van der Waals surface area contributed by atoms with E-state index in [0.717, 1.165) is 5.56 Å². The number of carbonyl (C=O) groups excluding carboxylic acids is 2. The largest absolute Gasteiger partial charge is 0.354 e. The number of halogens is 3. The lowest BCUT2D eigenvalue weighted by molar-refractivity contribution is -0.139. The minimum absolute atomic E-state index is 0.0686. The summed E-state index contributed by atoms with van der Waals surface area (Å²) in [5.74, 6) is -0.149. The van der Waals surface area contributed by atoms with Gasteiger partial charge in [0, 0.05) is 40.9 Å². The molecule has 0 radical (unpaired) electrons. The molecular formula is C29H31Cl2FN2O2S. The summed E-state index contributed by atoms with van der Waals surface area (Å²) in [7, 11) is 0. The Morgan fingerprint density at radius 1 is 0.946 bits per heavy atom. The molecular weight excluding hydrogens is 530 g/mol. The van der Waals surface area contributed by atoms with Crippen LogP contribution in [-0.2, 0) is 28.3 Å². The molecule has 1 atom stereocenters. The highest BCUT2D eigenvalue weighted by Gasteiger charge is 2.31. The Morgan fingerprint density at radius 2 is 1.59 bits per heavy atom. The second kappa shape index (κ2) is 14.4. The van der Waals surface area contributed by atoms with Gasteiger partial charge < -0.3 is 10.2 Å². The van der Waals surface area contributed by atoms with Crippen LogP contribution in [0.5, 0.6) is 0 Å². The summed E-state index contributed by atoms with van der Waals surface area (Å²) >= 11 is 14.2. The van der Waals surface area contributed by atoms with Crippen molar-refractivity contribution in [3.8, 4) is 0 Å². The molecule has 0 aliphatic rings. The molecule has 196 valence electrons. The highest BCUT2D eigenvalue weighted by atomic mass is 35.5. The van der Waals surface area contributed by atoms with Crippen molar-refractivity contribution in [2.75, 3.05) is 12.3 Å². The van der Waals surface area contributed by atoms with Gasteiger partial charge in [-0.2, -0.15) is 0 Å². The van der Waals surface area contributed by atoms with E-state index in [2.05, 4.69) is 5.32 Å². The fourth-order valence-corrected chi connectivity index (χ4v) is 5.19. The predicted octanol–water partition coefficient (Wildman–Crippen LogP) is 6.78. The zero-order chi connectivity index (χ0) is 26.8. The van der Waals surface area contributed by atoms with E-state index < -0.39 is 6.04 Å². The third-order valence-corrected chi connectivity index (χ3v) is 7.46. The van der Waals surface area contributed by atoms with E-state index in [9.17, 15) is 14.0 Å². The van der Waals surface area contributed by atoms with Crippen molar-refractivity contribution in [2.24, 2.45) is 5.92 Å². The molecule has 0 fully saturated rings. The zero-order valence-corrected chi connectivity index (χ0v) is 23.3. The van der Waals surface area contributed by atoms with Crippen LogP contribution in [0.15, 0.2) is 72.8 Å². The van der Waals surface area contributed by atoms with Gasteiger partial charge in [-0.05, 0) is 35.2 Å². The van der Waals surface area contributed by atoms with E-state index in [1.165, 1.54) is 17.8 Å². The number of nitrogens with one attached hydrogen (secondary N) is 1. The number of nitrogens with zero attached hydrogens (tertiary/aromatic N) is 1. The molecule has 0 aliphatic heterocycles. The quantitative estimate of drug-likeness (QED) is 0.265. The van der Waals surface area contributed by atoms with E-state index in [0.29, 0.717) is 39.9 Å². The summed E-state index contributed by atoms with van der Waals surface area (Å²) in [6, 6.07) is 20.5. The van der Waals surface area contributed by atoms with Crippen LogP contribution >= 0.6 is 35.0 Å². The molecule has 0 aliphatic carbocycles. The molecule has 0 saturated heterocycles. The smallest absolute Gasteiger partial charge is 0.243 e. The third kappa shape index (κ3) is 8.77. The molecule has 8 heteroatoms. The summed E-state index contributed by atoms with van der Waals surface area (Å²) in [6.45, 7) is 4.59. The maximum absolute atomic E-state index is 14.1. The number of benzene rings is 3. The second-order valence-corrected chi connectivity index (χ2v) is 11.0. The molecule has 0 heterocycles. The van der Waals surface area contributed by atoms with E-state index in [1.54, 1.807) is 41.3 Å². The lowest BCUT2D eigenvalue weighted by Gasteiger charge is -2.32. The molecule has 0 saturated carbocycles. The number of hydrogen-bond acceptors (Lipinski definition) is 3. The SMILES string of the molecule is CC(C)CNC(=O)C(Cc1ccccc1)N(Cc1c(Cl)cccc1Cl)C(=O)CSCc1ccccc1F. The van der Waals surface area contributed by atoms with Crippen molar-refractivity contribution < 1.29 is 14.0 Å². The Kier molecular flexibility index (Phi) is 11.3. The Labute approximate surface area is 232 Å². The summed E-state index contributed by atoms with van der Waals surface area (Å²) in [5.41, 5.74) is 2.03. The van der Waals surface area contributed by atoms with Crippen LogP contribution in [-0.4, -0.2) is 35.1 Å². The van der Waals surface area contributed by atoms with E-state index in [1.807, 2.05) is 44.2 Å². The average Bonchev–Trinajstić information content (AvgIpc) is 2.87. The summed E-state index contributed by atoms with van der Waals surface area (Å²) < 4.78 is 14.1. The molecule has 0 spiro atoms. The van der Waals surface area contributed by atoms with Gasteiger partial charge in [0.2, 0.25) is 11.8 Å². The van der Waals surface area contributed by atoms with Crippen LogP contribution in [0.2, 0.25) is 10.0 Å². The monoisotopic (exact) mass is 560 g/mol. The van der Waals surface area contributed by atoms with Gasteiger partial charge in [0.05, 0.1) is 5.75 Å². The van der Waals surface area contributed by atoms with Gasteiger partial charge in [-0.3, -0.25) is 9.59 Å². The number of thioether (sulfide) groups is 1. The standard InChI is InChI=1S/C29H31Cl2FN2O2S/c1-20(2)16-33-29(36)27(15-21-9-4-3-5-10-21)34(17-23-24(30)12-8-13-25(23)31)28(35)19-37-18-22-11-6-7-14-26(22)32/h3-14,20,27H,15-19H2,1-2H3,(H,33,36). The average molecular weight is 562 g/mol. The van der Waals surface area contributed by atoms with Gasteiger partial charge in [0.15, 0.2) is 0 Å². The van der Waals surface area contributed by atoms with E-state index in [4.69, 9.17) is 23.2 Å². The Hall–Kier alpha value is -2.54. The lowest BCUT2D eigenvalue weighted by atomic mass is 10.0. The van der Waals surface area contributed by atoms with Crippen molar-refractivity contribution in [1.29, 1.82) is 0 Å². The summed E-state index contributed by atoms with van der Waals surface area (Å²) in [4.78, 5) is 28.7. The van der Waals surface area contributed by atoms with Crippen LogP contribution < -0.4 is 5.32 Å². The number of rotatable bonds is 12. The number of amides is 2. The predicted molar refractivity (Wildman–Crippen MR) is 151 cm³/mol. The molecule has 0 bridgehead atoms. The molecule has 3 rings (SSSR count). The number of hydrogen-bond donors (Lipinski definition) is 1. The van der Waals surface area contributed by atoms with Crippen molar-refractivity contribution in [2.45, 2.75) is 38.6 Å². The summed E-state index contributed by atoms with van der Waals surface area (Å²) in [6.07, 6.45) is 0.330. The van der Waals surface area contributed by atoms with Gasteiger partial charge in [0.25, 0.3) is 0 Å². The third-order valence-electron chi connectivity index (χ3n) is 5.79. The maximum atomic E-state index is 14.1. The topological polar surface area (TPSA) is 49.4 Å². The first kappa shape index (κ1) is 29.0. The summed E-state index contributed by atoms with van der Waals surface area (Å²) in [5, 5.41) is 3.83. The van der Waals surface area contributed by atoms with Crippen molar-refractivity contribution in [3.63, 3.8) is 0 Å². The van der Waals surface area contributed by atoms with Crippen LogP contribution in [0.25, 0.3) is 0 Å². The van der Waals surface area contributed by atoms with Gasteiger partial charge in [-0.15, -0.1) is 11.8 Å². The van der Waals surface area contributed by atoms with Crippen molar-refractivity contribution in [3.05, 3.63) is 105 Å². The maximum Gasteiger partial charge on any atom is 0.243 e. The van der Waals surface area contributed by atoms with Crippen molar-refractivity contribution in [1.82, 2.24) is 10.2 Å². The van der Waals surface area contributed by atoms with E-state index in [-0.39, 0.29) is 35.8 Å². The number of carbonyl (C=O) groups is 2. The van der Waals surface area contributed by atoms with E-state index >= 15 is 0 Å². The minimum Gasteiger partial charge on any atom is -0.354 e. The lowest BCUT2D eigenvalue weighted by Crippen LogP contribution is -2.51. The van der Waals surface area contributed by atoms with Gasteiger partial charge in [-0.1, -0.05) is 91.6 Å². The normalized spacial score (nSPS) is 11.8. The van der Waals surface area contributed by atoms with Crippen LogP contribution in [0, 0.1) is 11.7 Å². The van der Waals surface area contributed by atoms with Crippen LogP contribution in [0.3, 0.4) is 0 Å². The fraction of sp³-hybridized carbons (Fsp3) is 0.310. The molecule has 2 amide bonds. The Morgan fingerprint density at radius 3 is 2.24 bits per heavy atom. The fourth-order valence-electron chi connectivity index (χ4n) is 3.78. The Bertz CT molecular complexity index is 1170. The van der Waals surface area contributed by atoms with Crippen LogP contribution in [0.4, 0.5) is 4.39 Å². The van der Waals surface area contributed by atoms with Gasteiger partial charge in [-0.25, -0.2) is 4.39 Å². The first-order chi connectivity index (χ1) is 17.8. The Balaban J connectivity index is 1.90. The second-order valence-electron chi connectivity index (χ2n) is 9.15. The van der Waals surface area contributed by atoms with Gasteiger partial charge in [0.1, 0.15) is 11.9 Å². The first-order valence-electron chi connectivity index (χ1n) is 12.1. The van der Waals surface area contributed by atoms with Crippen LogP contribution in [0.1, 0.15) is 30.5 Å². The molecule has 3 aromatic carbocycles.